The second-order valence-corrected chi connectivity index (χ2v) is 4.12. The van der Waals surface area contributed by atoms with Crippen LogP contribution in [0.25, 0.3) is 0 Å². The largest absolute Gasteiger partial charge is 0.482 e. The number of hydrogen-bond acceptors (Lipinski definition) is 3. The van der Waals surface area contributed by atoms with Crippen LogP contribution in [0.15, 0.2) is 18.2 Å². The summed E-state index contributed by atoms with van der Waals surface area (Å²) in [4.78, 5) is 11.2. The van der Waals surface area contributed by atoms with Crippen molar-refractivity contribution in [3.8, 4) is 5.75 Å². The maximum absolute atomic E-state index is 12.9. The van der Waals surface area contributed by atoms with Gasteiger partial charge in [0.1, 0.15) is 11.8 Å². The molecule has 0 fully saturated rings. The number of amides is 1. The van der Waals surface area contributed by atoms with E-state index in [1.807, 2.05) is 0 Å². The number of nitrogens with one attached hydrogen (secondary N) is 2. The molecule has 1 heterocycles. The van der Waals surface area contributed by atoms with Gasteiger partial charge in [-0.25, -0.2) is 0 Å². The number of benzene rings is 1. The molecule has 0 saturated carbocycles. The number of anilines is 1. The van der Waals surface area contributed by atoms with Crippen LogP contribution in [-0.2, 0) is 4.79 Å². The molecule has 1 aliphatic rings. The van der Waals surface area contributed by atoms with Gasteiger partial charge in [-0.1, -0.05) is 13.0 Å². The van der Waals surface area contributed by atoms with Crippen molar-refractivity contribution in [2.75, 3.05) is 18.5 Å². The molecule has 1 aliphatic heterocycles. The van der Waals surface area contributed by atoms with Gasteiger partial charge in [0.2, 0.25) is 0 Å². The van der Waals surface area contributed by atoms with Gasteiger partial charge in [0.25, 0.3) is 5.91 Å². The second kappa shape index (κ2) is 5.08. The van der Waals surface area contributed by atoms with Crippen molar-refractivity contribution in [2.24, 2.45) is 0 Å². The molecule has 0 radical (unpaired) electrons. The van der Waals surface area contributed by atoms with Crippen LogP contribution in [0.1, 0.15) is 18.5 Å². The van der Waals surface area contributed by atoms with Crippen molar-refractivity contribution < 1.29 is 22.7 Å². The molecular formula is C12H13F3N2O2. The van der Waals surface area contributed by atoms with Crippen molar-refractivity contribution in [1.29, 1.82) is 0 Å². The topological polar surface area (TPSA) is 50.4 Å². The zero-order valence-corrected chi connectivity index (χ0v) is 10.2. The second-order valence-electron chi connectivity index (χ2n) is 4.12. The molecule has 0 spiro atoms. The number of rotatable bonds is 3. The fraction of sp³-hybridized carbons (Fsp3) is 0.417. The van der Waals surface area contributed by atoms with E-state index in [2.05, 4.69) is 10.6 Å². The van der Waals surface area contributed by atoms with Crippen LogP contribution < -0.4 is 15.4 Å². The summed E-state index contributed by atoms with van der Waals surface area (Å²) in [6.07, 6.45) is -4.40. The molecule has 0 aliphatic carbocycles. The molecule has 19 heavy (non-hydrogen) atoms. The zero-order chi connectivity index (χ0) is 14.0. The Morgan fingerprint density at radius 3 is 2.84 bits per heavy atom. The van der Waals surface area contributed by atoms with Gasteiger partial charge in [-0.2, -0.15) is 13.2 Å². The number of fused-ring (bicyclic) bond motifs is 1. The highest BCUT2D eigenvalue weighted by Crippen LogP contribution is 2.36. The number of carbonyl (C=O) groups is 1. The van der Waals surface area contributed by atoms with Crippen LogP contribution >= 0.6 is 0 Å². The molecule has 1 aromatic carbocycles. The number of ether oxygens (including phenoxy) is 1. The highest BCUT2D eigenvalue weighted by atomic mass is 19.4. The van der Waals surface area contributed by atoms with Crippen LogP contribution in [-0.4, -0.2) is 25.2 Å². The van der Waals surface area contributed by atoms with Gasteiger partial charge in [0, 0.05) is 0 Å². The van der Waals surface area contributed by atoms with Gasteiger partial charge in [0.15, 0.2) is 6.61 Å². The maximum Gasteiger partial charge on any atom is 0.407 e. The molecule has 1 unspecified atom stereocenters. The van der Waals surface area contributed by atoms with Crippen molar-refractivity contribution in [3.05, 3.63) is 23.8 Å². The van der Waals surface area contributed by atoms with E-state index >= 15 is 0 Å². The Labute approximate surface area is 107 Å². The molecule has 1 amide bonds. The monoisotopic (exact) mass is 274 g/mol. The van der Waals surface area contributed by atoms with Gasteiger partial charge in [-0.05, 0) is 24.2 Å². The zero-order valence-electron chi connectivity index (χ0n) is 10.2. The fourth-order valence-electron chi connectivity index (χ4n) is 1.91. The lowest BCUT2D eigenvalue weighted by atomic mass is 10.0. The first-order chi connectivity index (χ1) is 8.91. The number of alkyl halides is 3. The van der Waals surface area contributed by atoms with Crippen LogP contribution in [0.3, 0.4) is 0 Å². The Morgan fingerprint density at radius 1 is 1.47 bits per heavy atom. The average Bonchev–Trinajstić information content (AvgIpc) is 2.33. The first-order valence-electron chi connectivity index (χ1n) is 5.78. The lowest BCUT2D eigenvalue weighted by Crippen LogP contribution is -2.34. The Kier molecular flexibility index (Phi) is 3.66. The van der Waals surface area contributed by atoms with Gasteiger partial charge in [0.05, 0.1) is 5.69 Å². The van der Waals surface area contributed by atoms with E-state index in [0.29, 0.717) is 5.75 Å². The molecule has 0 bridgehead atoms. The third-order valence-electron chi connectivity index (χ3n) is 2.71. The minimum absolute atomic E-state index is 0.0406. The summed E-state index contributed by atoms with van der Waals surface area (Å²) in [6.45, 7) is 1.66. The van der Waals surface area contributed by atoms with Crippen molar-refractivity contribution in [3.63, 3.8) is 0 Å². The van der Waals surface area contributed by atoms with Crippen LogP contribution in [0, 0.1) is 0 Å². The van der Waals surface area contributed by atoms with Crippen molar-refractivity contribution in [1.82, 2.24) is 5.32 Å². The van der Waals surface area contributed by atoms with E-state index in [4.69, 9.17) is 4.74 Å². The lowest BCUT2D eigenvalue weighted by molar-refractivity contribution is -0.157. The molecule has 2 N–H and O–H groups in total. The number of halogens is 3. The van der Waals surface area contributed by atoms with Gasteiger partial charge >= 0.3 is 6.18 Å². The Hall–Kier alpha value is -1.76. The SMILES string of the molecule is CCNC(c1ccc2c(c1)NC(=O)CO2)C(F)(F)F. The van der Waals surface area contributed by atoms with E-state index < -0.39 is 12.2 Å². The lowest BCUT2D eigenvalue weighted by Gasteiger charge is -2.24. The van der Waals surface area contributed by atoms with Crippen molar-refractivity contribution >= 4 is 11.6 Å². The van der Waals surface area contributed by atoms with Crippen LogP contribution in [0.4, 0.5) is 18.9 Å². The molecule has 0 aromatic heterocycles. The number of carbonyl (C=O) groups excluding carboxylic acids is 1. The van der Waals surface area contributed by atoms with Crippen LogP contribution in [0.5, 0.6) is 5.75 Å². The minimum Gasteiger partial charge on any atom is -0.482 e. The predicted molar refractivity (Wildman–Crippen MR) is 63.0 cm³/mol. The maximum atomic E-state index is 12.9. The van der Waals surface area contributed by atoms with E-state index in [9.17, 15) is 18.0 Å². The summed E-state index contributed by atoms with van der Waals surface area (Å²) >= 11 is 0. The first-order valence-corrected chi connectivity index (χ1v) is 5.78. The molecule has 7 heteroatoms. The van der Waals surface area contributed by atoms with E-state index in [0.717, 1.165) is 0 Å². The molecule has 4 nitrogen and oxygen atoms in total. The first kappa shape index (κ1) is 13.7. The molecule has 104 valence electrons. The third kappa shape index (κ3) is 2.98. The fourth-order valence-corrected chi connectivity index (χ4v) is 1.91. The highest BCUT2D eigenvalue weighted by molar-refractivity contribution is 5.95. The normalized spacial score (nSPS) is 16.3. The van der Waals surface area contributed by atoms with Crippen molar-refractivity contribution in [2.45, 2.75) is 19.1 Å². The molecule has 0 saturated heterocycles. The smallest absolute Gasteiger partial charge is 0.407 e. The molecule has 1 aromatic rings. The molecule has 2 rings (SSSR count). The quantitative estimate of drug-likeness (QED) is 0.888. The minimum atomic E-state index is -4.40. The van der Waals surface area contributed by atoms with Crippen LogP contribution in [0.2, 0.25) is 0 Å². The van der Waals surface area contributed by atoms with E-state index in [1.165, 1.54) is 18.2 Å². The Bertz CT molecular complexity index is 488. The summed E-state index contributed by atoms with van der Waals surface area (Å²) in [6, 6.07) is 2.30. The standard InChI is InChI=1S/C12H13F3N2O2/c1-2-16-11(12(13,14)15)7-3-4-9-8(5-7)17-10(18)6-19-9/h3-5,11,16H,2,6H2,1H3,(H,17,18). The molecular weight excluding hydrogens is 261 g/mol. The van der Waals surface area contributed by atoms with Gasteiger partial charge in [-0.15, -0.1) is 0 Å². The third-order valence-corrected chi connectivity index (χ3v) is 2.71. The van der Waals surface area contributed by atoms with E-state index in [-0.39, 0.29) is 30.3 Å². The summed E-state index contributed by atoms with van der Waals surface area (Å²) in [5.41, 5.74) is 0.305. The average molecular weight is 274 g/mol. The highest BCUT2D eigenvalue weighted by Gasteiger charge is 2.40. The Balaban J connectivity index is 2.34. The molecule has 1 atom stereocenters. The van der Waals surface area contributed by atoms with E-state index in [1.54, 1.807) is 6.92 Å². The Morgan fingerprint density at radius 2 is 2.21 bits per heavy atom. The van der Waals surface area contributed by atoms with Gasteiger partial charge in [-0.3, -0.25) is 4.79 Å². The predicted octanol–water partition coefficient (Wildman–Crippen LogP) is 2.23. The summed E-state index contributed by atoms with van der Waals surface area (Å²) in [5, 5.41) is 4.87. The van der Waals surface area contributed by atoms with Gasteiger partial charge < -0.3 is 15.4 Å². The summed E-state index contributed by atoms with van der Waals surface area (Å²) in [5.74, 6) is -0.00238. The summed E-state index contributed by atoms with van der Waals surface area (Å²) in [7, 11) is 0. The number of hydrogen-bond donors (Lipinski definition) is 2. The summed E-state index contributed by atoms with van der Waals surface area (Å²) < 4.78 is 43.9.